The monoisotopic (exact) mass is 346 g/mol. The Bertz CT molecular complexity index is 336. The molecule has 0 amide bonds. The average molecular weight is 347 g/mol. The zero-order chi connectivity index (χ0) is 18.0. The Balaban J connectivity index is 0.000000620. The van der Waals surface area contributed by atoms with Crippen LogP contribution >= 0.6 is 0 Å². The molecule has 1 aromatic rings. The molecule has 0 spiro atoms. The number of hydrogen-bond acceptors (Lipinski definition) is 1. The van der Waals surface area contributed by atoms with Crippen molar-refractivity contribution in [2.75, 3.05) is 0 Å². The van der Waals surface area contributed by atoms with Gasteiger partial charge in [-0.1, -0.05) is 30.3 Å². The van der Waals surface area contributed by atoms with E-state index in [9.17, 15) is 5.11 Å². The molecule has 0 saturated carbocycles. The van der Waals surface area contributed by atoms with Crippen LogP contribution in [0.1, 0.15) is 79.1 Å². The van der Waals surface area contributed by atoms with Crippen LogP contribution in [-0.2, 0) is 0 Å². The van der Waals surface area contributed by atoms with Gasteiger partial charge in [-0.3, -0.25) is 0 Å². The molecule has 24 heavy (non-hydrogen) atoms. The summed E-state index contributed by atoms with van der Waals surface area (Å²) in [4.78, 5) is 0. The molecule has 0 saturated heterocycles. The van der Waals surface area contributed by atoms with Crippen molar-refractivity contribution in [2.24, 2.45) is 11.8 Å². The average Bonchev–Trinajstić information content (AvgIpc) is 2.61. The van der Waals surface area contributed by atoms with Crippen LogP contribution in [0.4, 0.5) is 0 Å². The second kappa shape index (κ2) is 17.4. The van der Waals surface area contributed by atoms with Gasteiger partial charge in [0.1, 0.15) is 0 Å². The number of hydrogen-bond donors (Lipinski definition) is 0. The molecule has 2 heteroatoms. The zero-order valence-corrected chi connectivity index (χ0v) is 17.8. The smallest absolute Gasteiger partial charge is 0.0623 e. The van der Waals surface area contributed by atoms with Crippen molar-refractivity contribution in [1.29, 1.82) is 0 Å². The summed E-state index contributed by atoms with van der Waals surface area (Å²) >= 11 is 0.734. The first-order chi connectivity index (χ1) is 11.7. The fraction of sp³-hybridized carbons (Fsp3) is 0.727. The maximum Gasteiger partial charge on any atom is -0.0623 e. The molecule has 0 aliphatic rings. The quantitative estimate of drug-likeness (QED) is 0.385. The van der Waals surface area contributed by atoms with Gasteiger partial charge in [0, 0.05) is 0 Å². The maximum atomic E-state index is 10.3. The van der Waals surface area contributed by atoms with Gasteiger partial charge in [0.15, 0.2) is 0 Å². The van der Waals surface area contributed by atoms with E-state index in [1.807, 2.05) is 6.07 Å². The Kier molecular flexibility index (Phi) is 17.1. The first kappa shape index (κ1) is 23.6. The van der Waals surface area contributed by atoms with Crippen LogP contribution < -0.4 is 5.11 Å². The molecule has 1 nitrogen and oxygen atoms in total. The molecule has 0 aliphatic carbocycles. The van der Waals surface area contributed by atoms with Gasteiger partial charge in [-0.15, -0.1) is 5.75 Å². The van der Waals surface area contributed by atoms with Crippen molar-refractivity contribution in [3.05, 3.63) is 30.3 Å². The summed E-state index contributed by atoms with van der Waals surface area (Å²) in [5.74, 6) is 2.17. The molecule has 0 fully saturated rings. The molecule has 0 aliphatic heterocycles. The summed E-state index contributed by atoms with van der Waals surface area (Å²) in [5.41, 5.74) is 0. The number of para-hydroxylation sites is 1. The first-order valence-electron chi connectivity index (χ1n) is 10.2. The van der Waals surface area contributed by atoms with Gasteiger partial charge >= 0.3 is 117 Å². The maximum absolute atomic E-state index is 10.3. The molecule has 1 aromatic carbocycles. The van der Waals surface area contributed by atoms with Crippen molar-refractivity contribution < 1.29 is 5.11 Å². The van der Waals surface area contributed by atoms with Crippen LogP contribution in [0.25, 0.3) is 0 Å². The minimum Gasteiger partial charge on any atom is -0.872 e. The van der Waals surface area contributed by atoms with Gasteiger partial charge in [-0.05, 0) is 0 Å². The standard InChI is InChI=1S/2C8H17.C6H6O.Al/c2*1-4-6-7-8(3)5-2;7-6-4-2-1-3-5-6;/h2*8H,3-7H2,1-2H3;1-5,7H;/q;;;+1/p-1. The van der Waals surface area contributed by atoms with Gasteiger partial charge in [-0.25, -0.2) is 0 Å². The van der Waals surface area contributed by atoms with E-state index < -0.39 is 0 Å². The van der Waals surface area contributed by atoms with E-state index in [-0.39, 0.29) is 5.75 Å². The fourth-order valence-electron chi connectivity index (χ4n) is 2.95. The molecular weight excluding hydrogens is 307 g/mol. The number of unbranched alkanes of at least 4 members (excludes halogenated alkanes) is 2. The van der Waals surface area contributed by atoms with Gasteiger partial charge in [0.05, 0.1) is 0 Å². The van der Waals surface area contributed by atoms with E-state index in [4.69, 9.17) is 0 Å². The van der Waals surface area contributed by atoms with E-state index in [2.05, 4.69) is 27.7 Å². The summed E-state index contributed by atoms with van der Waals surface area (Å²) in [5, 5.41) is 13.4. The molecule has 0 heterocycles. The topological polar surface area (TPSA) is 23.1 Å². The second-order valence-corrected chi connectivity index (χ2v) is 8.43. The third kappa shape index (κ3) is 13.9. The van der Waals surface area contributed by atoms with E-state index in [1.165, 1.54) is 63.5 Å². The SMILES string of the molecule is CCCCC(CC)[CH2][Al+][CH2]C(CC)CCCC.[O-]c1ccccc1. The van der Waals surface area contributed by atoms with Crippen LogP contribution in [0.3, 0.4) is 0 Å². The molecule has 1 rings (SSSR count). The van der Waals surface area contributed by atoms with Crippen molar-refractivity contribution in [3.8, 4) is 5.75 Å². The Labute approximate surface area is 158 Å². The van der Waals surface area contributed by atoms with Crippen LogP contribution in [0.2, 0.25) is 10.6 Å². The summed E-state index contributed by atoms with van der Waals surface area (Å²) < 4.78 is 0. The largest absolute Gasteiger partial charge is 0.872 e. The molecule has 2 atom stereocenters. The van der Waals surface area contributed by atoms with Gasteiger partial charge in [-0.2, -0.15) is 0 Å². The van der Waals surface area contributed by atoms with E-state index in [0.29, 0.717) is 0 Å². The van der Waals surface area contributed by atoms with Crippen LogP contribution in [0.15, 0.2) is 30.3 Å². The molecule has 136 valence electrons. The predicted octanol–water partition coefficient (Wildman–Crippen LogP) is 6.72. The third-order valence-electron chi connectivity index (χ3n) is 4.83. The Morgan fingerprint density at radius 3 is 1.54 bits per heavy atom. The third-order valence-corrected chi connectivity index (χ3v) is 6.83. The van der Waals surface area contributed by atoms with Crippen LogP contribution in [-0.4, -0.2) is 15.2 Å². The Hall–Kier alpha value is -0.448. The number of benzene rings is 1. The molecule has 0 radical (unpaired) electrons. The zero-order valence-electron chi connectivity index (χ0n) is 16.6. The van der Waals surface area contributed by atoms with Crippen molar-refractivity contribution >= 4 is 15.2 Å². The molecule has 2 unspecified atom stereocenters. The van der Waals surface area contributed by atoms with Crippen molar-refractivity contribution in [3.63, 3.8) is 0 Å². The Morgan fingerprint density at radius 1 is 0.792 bits per heavy atom. The van der Waals surface area contributed by atoms with Crippen LogP contribution in [0, 0.1) is 11.8 Å². The summed E-state index contributed by atoms with van der Waals surface area (Å²) in [6, 6.07) is 8.33. The first-order valence-corrected chi connectivity index (χ1v) is 11.8. The van der Waals surface area contributed by atoms with Crippen molar-refractivity contribution in [2.45, 2.75) is 89.6 Å². The summed E-state index contributed by atoms with van der Waals surface area (Å²) in [7, 11) is 0. The van der Waals surface area contributed by atoms with Crippen molar-refractivity contribution in [1.82, 2.24) is 0 Å². The summed E-state index contributed by atoms with van der Waals surface area (Å²) in [6.07, 6.45) is 11.5. The van der Waals surface area contributed by atoms with Gasteiger partial charge in [0.2, 0.25) is 0 Å². The van der Waals surface area contributed by atoms with E-state index >= 15 is 0 Å². The summed E-state index contributed by atoms with van der Waals surface area (Å²) in [6.45, 7) is 9.40. The Morgan fingerprint density at radius 2 is 1.25 bits per heavy atom. The molecule has 0 N–H and O–H groups in total. The normalized spacial score (nSPS) is 12.7. The predicted molar refractivity (Wildman–Crippen MR) is 108 cm³/mol. The minimum atomic E-state index is 0.0718. The second-order valence-electron chi connectivity index (χ2n) is 6.91. The molecular formula is C22H39AlO. The fourth-order valence-corrected chi connectivity index (χ4v) is 5.22. The van der Waals surface area contributed by atoms with E-state index in [0.717, 1.165) is 27.1 Å². The number of rotatable bonds is 12. The molecule has 0 aromatic heterocycles. The van der Waals surface area contributed by atoms with Gasteiger partial charge < -0.3 is 5.11 Å². The van der Waals surface area contributed by atoms with Crippen LogP contribution in [0.5, 0.6) is 5.75 Å². The van der Waals surface area contributed by atoms with E-state index in [1.54, 1.807) is 22.7 Å². The van der Waals surface area contributed by atoms with Gasteiger partial charge in [0.25, 0.3) is 0 Å². The minimum absolute atomic E-state index is 0.0718. The molecule has 0 bridgehead atoms.